The van der Waals surface area contributed by atoms with Gasteiger partial charge in [0.15, 0.2) is 24.8 Å². The highest BCUT2D eigenvalue weighted by molar-refractivity contribution is 5.99. The molecule has 2 rings (SSSR count). The molecule has 50 heavy (non-hydrogen) atoms. The van der Waals surface area contributed by atoms with Crippen molar-refractivity contribution in [3.63, 3.8) is 0 Å². The van der Waals surface area contributed by atoms with Crippen molar-refractivity contribution in [2.24, 2.45) is 10.8 Å². The second kappa shape index (κ2) is 16.3. The average molecular weight is 697 g/mol. The molecule has 0 spiro atoms. The monoisotopic (exact) mass is 696 g/mol. The van der Waals surface area contributed by atoms with Crippen molar-refractivity contribution in [3.8, 4) is 11.1 Å². The first-order valence-electron chi connectivity index (χ1n) is 16.4. The second-order valence-corrected chi connectivity index (χ2v) is 16.1. The maximum atomic E-state index is 12.9. The number of hydrogen-bond donors (Lipinski definition) is 2. The fraction of sp³-hybridized carbons (Fsp3) is 0.526. The number of ether oxygens (including phenoxy) is 4. The molecule has 0 saturated heterocycles. The molecule has 0 aromatic heterocycles. The molecule has 2 aromatic rings. The summed E-state index contributed by atoms with van der Waals surface area (Å²) < 4.78 is 21.1. The Morgan fingerprint density at radius 3 is 1.02 bits per heavy atom. The van der Waals surface area contributed by atoms with Crippen molar-refractivity contribution < 1.29 is 47.7 Å². The minimum Gasteiger partial charge on any atom is -0.456 e. The number of hydrogen-bond acceptors (Lipinski definition) is 10. The van der Waals surface area contributed by atoms with Crippen molar-refractivity contribution in [1.82, 2.24) is 10.6 Å². The Morgan fingerprint density at radius 1 is 0.500 bits per heavy atom. The van der Waals surface area contributed by atoms with E-state index in [0.717, 1.165) is 11.1 Å². The summed E-state index contributed by atoms with van der Waals surface area (Å²) >= 11 is 0. The molecule has 2 N–H and O–H groups in total. The average Bonchev–Trinajstić information content (AvgIpc) is 2.97. The molecule has 2 atom stereocenters. The molecule has 12 heteroatoms. The molecule has 0 aliphatic rings. The summed E-state index contributed by atoms with van der Waals surface area (Å²) in [5, 5.41) is 5.08. The van der Waals surface area contributed by atoms with Gasteiger partial charge in [-0.25, -0.2) is 19.2 Å². The highest BCUT2D eigenvalue weighted by atomic mass is 16.6. The molecule has 0 radical (unpaired) electrons. The number of alkyl carbamates (subject to hydrolysis) is 2. The molecule has 0 saturated carbocycles. The molecule has 2 aromatic carbocycles. The van der Waals surface area contributed by atoms with Crippen LogP contribution < -0.4 is 10.6 Å². The van der Waals surface area contributed by atoms with Crippen LogP contribution in [0.15, 0.2) is 48.5 Å². The minimum absolute atomic E-state index is 0.317. The largest absolute Gasteiger partial charge is 0.456 e. The van der Waals surface area contributed by atoms with Crippen LogP contribution in [0.25, 0.3) is 11.1 Å². The lowest BCUT2D eigenvalue weighted by Crippen LogP contribution is -2.51. The van der Waals surface area contributed by atoms with Gasteiger partial charge in [0.1, 0.15) is 23.3 Å². The van der Waals surface area contributed by atoms with Crippen LogP contribution in [-0.2, 0) is 28.5 Å². The number of Topliss-reactive ketones (excluding diaryl/α,β-unsaturated/α-hetero) is 2. The van der Waals surface area contributed by atoms with E-state index in [1.165, 1.54) is 0 Å². The van der Waals surface area contributed by atoms with Gasteiger partial charge >= 0.3 is 24.1 Å². The van der Waals surface area contributed by atoms with Crippen LogP contribution >= 0.6 is 0 Å². The Bertz CT molecular complexity index is 1420. The molecule has 0 aliphatic carbocycles. The van der Waals surface area contributed by atoms with Gasteiger partial charge in [-0.05, 0) is 63.5 Å². The van der Waals surface area contributed by atoms with Gasteiger partial charge in [-0.1, -0.05) is 90.1 Å². The Kier molecular flexibility index (Phi) is 13.5. The van der Waals surface area contributed by atoms with Crippen molar-refractivity contribution in [1.29, 1.82) is 0 Å². The lowest BCUT2D eigenvalue weighted by Gasteiger charge is -2.30. The SMILES string of the molecule is CC(C)(C)OC(=O)N[C@H](C(=O)OCC(=O)c1ccc(-c2ccc(C(=O)COC(=O)[C@@H](NC(=O)OC(C)(C)C)C(C)(C)C)cc2)cc1)C(C)(C)C. The molecular weight excluding hydrogens is 644 g/mol. The van der Waals surface area contributed by atoms with E-state index in [0.29, 0.717) is 11.1 Å². The Morgan fingerprint density at radius 2 is 0.780 bits per heavy atom. The van der Waals surface area contributed by atoms with Gasteiger partial charge in [-0.3, -0.25) is 9.59 Å². The van der Waals surface area contributed by atoms with Gasteiger partial charge in [0.25, 0.3) is 0 Å². The zero-order valence-corrected chi connectivity index (χ0v) is 31.3. The number of nitrogens with one attached hydrogen (secondary N) is 2. The Hall–Kier alpha value is -4.74. The van der Waals surface area contributed by atoms with E-state index in [1.54, 1.807) is 132 Å². The van der Waals surface area contributed by atoms with E-state index in [-0.39, 0.29) is 0 Å². The lowest BCUT2D eigenvalue weighted by atomic mass is 9.87. The lowest BCUT2D eigenvalue weighted by molar-refractivity contribution is -0.148. The Labute approximate surface area is 295 Å². The van der Waals surface area contributed by atoms with Gasteiger partial charge in [-0.15, -0.1) is 0 Å². The predicted molar refractivity (Wildman–Crippen MR) is 188 cm³/mol. The van der Waals surface area contributed by atoms with Gasteiger partial charge in [-0.2, -0.15) is 0 Å². The first-order valence-corrected chi connectivity index (χ1v) is 16.4. The number of carbonyl (C=O) groups is 6. The zero-order valence-electron chi connectivity index (χ0n) is 31.3. The topological polar surface area (TPSA) is 163 Å². The Balaban J connectivity index is 2.00. The number of rotatable bonds is 11. The molecular formula is C38H52N2O10. The zero-order chi connectivity index (χ0) is 38.2. The van der Waals surface area contributed by atoms with Crippen LogP contribution in [0.1, 0.15) is 104 Å². The third kappa shape index (κ3) is 13.6. The van der Waals surface area contributed by atoms with Crippen LogP contribution in [0.5, 0.6) is 0 Å². The van der Waals surface area contributed by atoms with Gasteiger partial charge in [0.05, 0.1) is 0 Å². The highest BCUT2D eigenvalue weighted by Gasteiger charge is 2.37. The van der Waals surface area contributed by atoms with E-state index in [4.69, 9.17) is 18.9 Å². The van der Waals surface area contributed by atoms with Crippen LogP contribution in [0, 0.1) is 10.8 Å². The standard InChI is InChI=1S/C38H52N2O10/c1-35(2,3)29(39-33(45)49-37(7,8)9)31(43)47-21-27(41)25-17-13-23(14-18-25)24-15-19-26(20-16-24)28(42)22-48-32(44)30(36(4,5)6)40-34(46)50-38(10,11)12/h13-20,29-30H,21-22H2,1-12H3,(H,39,45)(H,40,46)/t29-,30-/m1/s1. The number of amides is 2. The summed E-state index contributed by atoms with van der Waals surface area (Å²) in [7, 11) is 0. The van der Waals surface area contributed by atoms with E-state index in [2.05, 4.69) is 10.6 Å². The van der Waals surface area contributed by atoms with E-state index in [9.17, 15) is 28.8 Å². The first-order chi connectivity index (χ1) is 22.8. The van der Waals surface area contributed by atoms with E-state index >= 15 is 0 Å². The summed E-state index contributed by atoms with van der Waals surface area (Å²) in [5.74, 6) is -2.38. The smallest absolute Gasteiger partial charge is 0.408 e. The quantitative estimate of drug-likeness (QED) is 0.147. The van der Waals surface area contributed by atoms with Crippen molar-refractivity contribution in [2.45, 2.75) is 106 Å². The van der Waals surface area contributed by atoms with Gasteiger partial charge in [0, 0.05) is 11.1 Å². The second-order valence-electron chi connectivity index (χ2n) is 16.1. The minimum atomic E-state index is -1.05. The summed E-state index contributed by atoms with van der Waals surface area (Å²) in [6.45, 7) is 19.7. The molecule has 0 aliphatic heterocycles. The van der Waals surface area contributed by atoms with Crippen molar-refractivity contribution >= 4 is 35.7 Å². The third-order valence-corrected chi connectivity index (χ3v) is 6.96. The number of carbonyl (C=O) groups excluding carboxylic acids is 6. The molecule has 0 bridgehead atoms. The fourth-order valence-corrected chi connectivity index (χ4v) is 4.41. The van der Waals surface area contributed by atoms with Crippen molar-refractivity contribution in [3.05, 3.63) is 59.7 Å². The molecule has 12 nitrogen and oxygen atoms in total. The summed E-state index contributed by atoms with van der Waals surface area (Å²) in [5.41, 5.74) is -0.766. The molecule has 2 amide bonds. The summed E-state index contributed by atoms with van der Waals surface area (Å²) in [6, 6.07) is 11.2. The van der Waals surface area contributed by atoms with E-state index < -0.39 is 83.0 Å². The van der Waals surface area contributed by atoms with Gasteiger partial charge in [0.2, 0.25) is 0 Å². The van der Waals surface area contributed by atoms with Crippen LogP contribution in [-0.4, -0.2) is 72.2 Å². The maximum absolute atomic E-state index is 12.9. The highest BCUT2D eigenvalue weighted by Crippen LogP contribution is 2.24. The van der Waals surface area contributed by atoms with Crippen LogP contribution in [0.4, 0.5) is 9.59 Å². The molecule has 0 fully saturated rings. The predicted octanol–water partition coefficient (Wildman–Crippen LogP) is 6.68. The van der Waals surface area contributed by atoms with Gasteiger partial charge < -0.3 is 29.6 Å². The molecule has 0 unspecified atom stereocenters. The summed E-state index contributed by atoms with van der Waals surface area (Å²) in [4.78, 5) is 75.9. The normalized spacial score (nSPS) is 13.3. The van der Waals surface area contributed by atoms with Crippen LogP contribution in [0.3, 0.4) is 0 Å². The summed E-state index contributed by atoms with van der Waals surface area (Å²) in [6.07, 6.45) is -1.54. The number of ketones is 2. The number of esters is 2. The third-order valence-electron chi connectivity index (χ3n) is 6.96. The fourth-order valence-electron chi connectivity index (χ4n) is 4.41. The maximum Gasteiger partial charge on any atom is 0.408 e. The van der Waals surface area contributed by atoms with E-state index in [1.807, 2.05) is 0 Å². The van der Waals surface area contributed by atoms with Crippen LogP contribution in [0.2, 0.25) is 0 Å². The van der Waals surface area contributed by atoms with Crippen molar-refractivity contribution in [2.75, 3.05) is 13.2 Å². The molecule has 0 heterocycles. The first kappa shape index (κ1) is 41.4. The number of benzene rings is 2. The molecule has 274 valence electrons.